The van der Waals surface area contributed by atoms with Crippen LogP contribution in [0.25, 0.3) is 10.1 Å². The van der Waals surface area contributed by atoms with Gasteiger partial charge in [0.15, 0.2) is 0 Å². The highest BCUT2D eigenvalue weighted by molar-refractivity contribution is 7.20. The zero-order chi connectivity index (χ0) is 16.1. The lowest BCUT2D eigenvalue weighted by Crippen LogP contribution is -2.61. The molecule has 0 spiro atoms. The van der Waals surface area contributed by atoms with Crippen molar-refractivity contribution in [3.63, 3.8) is 0 Å². The van der Waals surface area contributed by atoms with Crippen LogP contribution in [0.4, 0.5) is 0 Å². The predicted octanol–water partition coefficient (Wildman–Crippen LogP) is 3.85. The summed E-state index contributed by atoms with van der Waals surface area (Å²) in [6.45, 7) is 3.91. The van der Waals surface area contributed by atoms with E-state index < -0.39 is 0 Å². The van der Waals surface area contributed by atoms with E-state index in [2.05, 4.69) is 28.5 Å². The summed E-state index contributed by atoms with van der Waals surface area (Å²) in [5.41, 5.74) is 1.49. The largest absolute Gasteiger partial charge is 0.335 e. The standard InChI is InChI=1S/C19H18N2OS2/c22-19(18-9-13-3-1-2-4-17(13)24-18)21-11-15(12-21)20-7-5-16-14(10-20)6-8-23-16/h1-4,6,8-9,15H,5,7,10-12H2. The molecular formula is C19H18N2OS2. The first-order valence-corrected chi connectivity index (χ1v) is 10.0. The monoisotopic (exact) mass is 354 g/mol. The van der Waals surface area contributed by atoms with Crippen molar-refractivity contribution >= 4 is 38.7 Å². The molecule has 0 aliphatic carbocycles. The third kappa shape index (κ3) is 2.39. The van der Waals surface area contributed by atoms with Crippen molar-refractivity contribution in [2.24, 2.45) is 0 Å². The summed E-state index contributed by atoms with van der Waals surface area (Å²) >= 11 is 3.49. The number of nitrogens with zero attached hydrogens (tertiary/aromatic N) is 2. The van der Waals surface area contributed by atoms with E-state index in [1.807, 2.05) is 34.4 Å². The highest BCUT2D eigenvalue weighted by Crippen LogP contribution is 2.30. The van der Waals surface area contributed by atoms with Crippen LogP contribution in [0.2, 0.25) is 0 Å². The average Bonchev–Trinajstić information content (AvgIpc) is 3.19. The van der Waals surface area contributed by atoms with Gasteiger partial charge in [-0.1, -0.05) is 18.2 Å². The SMILES string of the molecule is O=C(c1cc2ccccc2s1)N1CC(N2CCc3sccc3C2)C1. The van der Waals surface area contributed by atoms with Gasteiger partial charge in [0.2, 0.25) is 0 Å². The van der Waals surface area contributed by atoms with Gasteiger partial charge in [-0.2, -0.15) is 0 Å². The Bertz CT molecular complexity index is 874. The number of amides is 1. The molecule has 0 radical (unpaired) electrons. The number of carbonyl (C=O) groups excluding carboxylic acids is 1. The molecule has 4 heterocycles. The lowest BCUT2D eigenvalue weighted by Gasteiger charge is -2.46. The van der Waals surface area contributed by atoms with Gasteiger partial charge in [0, 0.05) is 41.8 Å². The second-order valence-electron chi connectivity index (χ2n) is 6.60. The van der Waals surface area contributed by atoms with Gasteiger partial charge in [-0.05, 0) is 40.9 Å². The molecule has 122 valence electrons. The Kier molecular flexibility index (Phi) is 3.47. The van der Waals surface area contributed by atoms with Gasteiger partial charge in [-0.15, -0.1) is 22.7 Å². The minimum Gasteiger partial charge on any atom is -0.335 e. The fraction of sp³-hybridized carbons (Fsp3) is 0.316. The van der Waals surface area contributed by atoms with Gasteiger partial charge in [0.05, 0.1) is 4.88 Å². The Morgan fingerprint density at radius 2 is 2.04 bits per heavy atom. The molecule has 0 atom stereocenters. The first-order valence-electron chi connectivity index (χ1n) is 8.35. The van der Waals surface area contributed by atoms with Crippen molar-refractivity contribution in [3.8, 4) is 0 Å². The Balaban J connectivity index is 1.25. The van der Waals surface area contributed by atoms with Gasteiger partial charge < -0.3 is 4.90 Å². The lowest BCUT2D eigenvalue weighted by molar-refractivity contribution is 0.0224. The first-order chi connectivity index (χ1) is 11.8. The highest BCUT2D eigenvalue weighted by Gasteiger charge is 2.36. The van der Waals surface area contributed by atoms with E-state index in [4.69, 9.17) is 0 Å². The van der Waals surface area contributed by atoms with E-state index in [9.17, 15) is 4.79 Å². The van der Waals surface area contributed by atoms with Gasteiger partial charge in [-0.25, -0.2) is 0 Å². The number of thiophene rings is 2. The summed E-state index contributed by atoms with van der Waals surface area (Å²) in [5, 5.41) is 3.37. The zero-order valence-electron chi connectivity index (χ0n) is 13.3. The van der Waals surface area contributed by atoms with Crippen LogP contribution in [0.3, 0.4) is 0 Å². The minimum absolute atomic E-state index is 0.195. The predicted molar refractivity (Wildman–Crippen MR) is 99.9 cm³/mol. The summed E-state index contributed by atoms with van der Waals surface area (Å²) in [6.07, 6.45) is 1.16. The van der Waals surface area contributed by atoms with Gasteiger partial charge in [0.1, 0.15) is 0 Å². The molecule has 1 aromatic carbocycles. The minimum atomic E-state index is 0.195. The maximum absolute atomic E-state index is 12.7. The van der Waals surface area contributed by atoms with Crippen molar-refractivity contribution in [2.75, 3.05) is 19.6 Å². The molecule has 0 saturated carbocycles. The maximum Gasteiger partial charge on any atom is 0.264 e. The number of hydrogen-bond donors (Lipinski definition) is 0. The summed E-state index contributed by atoms with van der Waals surface area (Å²) < 4.78 is 1.19. The van der Waals surface area contributed by atoms with E-state index >= 15 is 0 Å². The molecule has 2 aliphatic rings. The molecule has 2 aliphatic heterocycles. The number of benzene rings is 1. The molecule has 5 rings (SSSR count). The van der Waals surface area contributed by atoms with Crippen molar-refractivity contribution in [1.82, 2.24) is 9.80 Å². The van der Waals surface area contributed by atoms with Crippen LogP contribution in [0.1, 0.15) is 20.1 Å². The summed E-state index contributed by atoms with van der Waals surface area (Å²) in [7, 11) is 0. The van der Waals surface area contributed by atoms with Crippen molar-refractivity contribution in [2.45, 2.75) is 19.0 Å². The van der Waals surface area contributed by atoms with Crippen molar-refractivity contribution in [3.05, 3.63) is 57.1 Å². The molecule has 5 heteroatoms. The normalized spacial score (nSPS) is 18.6. The molecule has 3 aromatic rings. The lowest BCUT2D eigenvalue weighted by atomic mass is 10.0. The second kappa shape index (κ2) is 5.69. The van der Waals surface area contributed by atoms with E-state index in [0.717, 1.165) is 37.5 Å². The fourth-order valence-corrected chi connectivity index (χ4v) is 5.60. The molecule has 1 saturated heterocycles. The molecule has 24 heavy (non-hydrogen) atoms. The summed E-state index contributed by atoms with van der Waals surface area (Å²) in [6, 6.07) is 13.0. The molecule has 0 N–H and O–H groups in total. The number of carbonyl (C=O) groups is 1. The zero-order valence-corrected chi connectivity index (χ0v) is 14.9. The molecule has 2 aromatic heterocycles. The second-order valence-corrected chi connectivity index (χ2v) is 8.69. The third-order valence-corrected chi connectivity index (χ3v) is 7.27. The quantitative estimate of drug-likeness (QED) is 0.698. The highest BCUT2D eigenvalue weighted by atomic mass is 32.1. The Labute approximate surface area is 149 Å². The Hall–Kier alpha value is -1.69. The van der Waals surface area contributed by atoms with E-state index in [1.54, 1.807) is 16.2 Å². The van der Waals surface area contributed by atoms with Crippen LogP contribution in [-0.4, -0.2) is 41.4 Å². The number of hydrogen-bond acceptors (Lipinski definition) is 4. The van der Waals surface area contributed by atoms with Gasteiger partial charge in [-0.3, -0.25) is 9.69 Å². The third-order valence-electron chi connectivity index (χ3n) is 5.14. The Morgan fingerprint density at radius 3 is 2.92 bits per heavy atom. The van der Waals surface area contributed by atoms with Crippen LogP contribution in [-0.2, 0) is 13.0 Å². The van der Waals surface area contributed by atoms with Crippen molar-refractivity contribution < 1.29 is 4.79 Å². The molecular weight excluding hydrogens is 336 g/mol. The van der Waals surface area contributed by atoms with E-state index in [-0.39, 0.29) is 5.91 Å². The molecule has 1 amide bonds. The van der Waals surface area contributed by atoms with Gasteiger partial charge in [0.25, 0.3) is 5.91 Å². The van der Waals surface area contributed by atoms with E-state index in [0.29, 0.717) is 6.04 Å². The van der Waals surface area contributed by atoms with Crippen LogP contribution >= 0.6 is 22.7 Å². The number of likely N-dealkylation sites (tertiary alicyclic amines) is 1. The number of fused-ring (bicyclic) bond motifs is 2. The smallest absolute Gasteiger partial charge is 0.264 e. The van der Waals surface area contributed by atoms with Crippen LogP contribution in [0, 0.1) is 0 Å². The van der Waals surface area contributed by atoms with E-state index in [1.165, 1.54) is 15.6 Å². The van der Waals surface area contributed by atoms with Crippen LogP contribution in [0.5, 0.6) is 0 Å². The average molecular weight is 355 g/mol. The van der Waals surface area contributed by atoms with Crippen LogP contribution in [0.15, 0.2) is 41.8 Å². The molecule has 0 unspecified atom stereocenters. The van der Waals surface area contributed by atoms with Crippen molar-refractivity contribution in [1.29, 1.82) is 0 Å². The van der Waals surface area contributed by atoms with Crippen LogP contribution < -0.4 is 0 Å². The summed E-state index contributed by atoms with van der Waals surface area (Å²) in [5.74, 6) is 0.195. The first kappa shape index (κ1) is 14.6. The molecule has 1 fully saturated rings. The Morgan fingerprint density at radius 1 is 1.17 bits per heavy atom. The topological polar surface area (TPSA) is 23.6 Å². The maximum atomic E-state index is 12.7. The summed E-state index contributed by atoms with van der Waals surface area (Å²) in [4.78, 5) is 19.7. The molecule has 3 nitrogen and oxygen atoms in total. The fourth-order valence-electron chi connectivity index (χ4n) is 3.68. The molecule has 0 bridgehead atoms. The number of rotatable bonds is 2. The van der Waals surface area contributed by atoms with Gasteiger partial charge >= 0.3 is 0 Å².